The summed E-state index contributed by atoms with van der Waals surface area (Å²) in [4.78, 5) is 28.7. The molecule has 1 N–H and O–H groups in total. The predicted molar refractivity (Wildman–Crippen MR) is 112 cm³/mol. The van der Waals surface area contributed by atoms with E-state index in [0.29, 0.717) is 12.1 Å². The van der Waals surface area contributed by atoms with E-state index in [9.17, 15) is 4.79 Å². The van der Waals surface area contributed by atoms with Crippen LogP contribution in [-0.4, -0.2) is 73.1 Å². The van der Waals surface area contributed by atoms with Gasteiger partial charge in [0.25, 0.3) is 0 Å². The number of carbonyl (C=O) groups excluding carboxylic acids is 1. The number of aryl methyl sites for hydroxylation is 1. The molecule has 1 aromatic rings. The van der Waals surface area contributed by atoms with Crippen molar-refractivity contribution < 1.29 is 4.79 Å². The van der Waals surface area contributed by atoms with E-state index < -0.39 is 0 Å². The van der Waals surface area contributed by atoms with Gasteiger partial charge >= 0.3 is 0 Å². The first kappa shape index (κ1) is 19.4. The number of nitrogens with zero attached hydrogens (tertiary/aromatic N) is 5. The number of hydrogen-bond donors (Lipinski definition) is 1. The second-order valence-corrected chi connectivity index (χ2v) is 8.91. The van der Waals surface area contributed by atoms with Gasteiger partial charge in [0.1, 0.15) is 5.82 Å². The maximum Gasteiger partial charge on any atom is 0.227 e. The molecule has 0 bridgehead atoms. The average molecular weight is 387 g/mol. The predicted octanol–water partition coefficient (Wildman–Crippen LogP) is 1.81. The molecule has 1 aliphatic carbocycles. The van der Waals surface area contributed by atoms with E-state index in [1.165, 1.54) is 0 Å². The monoisotopic (exact) mass is 386 g/mol. The van der Waals surface area contributed by atoms with Crippen LogP contribution in [0, 0.1) is 12.8 Å². The molecule has 7 heteroatoms. The van der Waals surface area contributed by atoms with Gasteiger partial charge in [0.15, 0.2) is 0 Å². The van der Waals surface area contributed by atoms with Crippen LogP contribution in [0.4, 0.5) is 11.8 Å². The first-order valence-electron chi connectivity index (χ1n) is 10.8. The van der Waals surface area contributed by atoms with E-state index >= 15 is 0 Å². The molecule has 1 atom stereocenters. The van der Waals surface area contributed by atoms with Crippen molar-refractivity contribution in [1.29, 1.82) is 0 Å². The molecule has 28 heavy (non-hydrogen) atoms. The van der Waals surface area contributed by atoms with Crippen molar-refractivity contribution >= 4 is 17.7 Å². The fourth-order valence-electron chi connectivity index (χ4n) is 4.56. The van der Waals surface area contributed by atoms with Gasteiger partial charge in [-0.3, -0.25) is 9.69 Å². The largest absolute Gasteiger partial charge is 0.362 e. The van der Waals surface area contributed by atoms with Crippen LogP contribution in [0.5, 0.6) is 0 Å². The van der Waals surface area contributed by atoms with Gasteiger partial charge in [-0.1, -0.05) is 0 Å². The minimum Gasteiger partial charge on any atom is -0.362 e. The second kappa shape index (κ2) is 8.23. The summed E-state index contributed by atoms with van der Waals surface area (Å²) in [5, 5.41) is 3.20. The van der Waals surface area contributed by atoms with E-state index in [1.54, 1.807) is 0 Å². The van der Waals surface area contributed by atoms with Crippen LogP contribution in [0.2, 0.25) is 0 Å². The van der Waals surface area contributed by atoms with Crippen molar-refractivity contribution in [2.75, 3.05) is 50.1 Å². The Morgan fingerprint density at radius 3 is 2.57 bits per heavy atom. The number of likely N-dealkylation sites (tertiary alicyclic amines) is 1. The molecule has 1 aromatic heterocycles. The normalized spacial score (nSPS) is 24.2. The maximum atomic E-state index is 12.5. The lowest BCUT2D eigenvalue weighted by atomic mass is 9.93. The van der Waals surface area contributed by atoms with Crippen LogP contribution in [-0.2, 0) is 4.79 Å². The highest BCUT2D eigenvalue weighted by Crippen LogP contribution is 2.27. The molecule has 7 nitrogen and oxygen atoms in total. The van der Waals surface area contributed by atoms with Gasteiger partial charge in [-0.25, -0.2) is 4.98 Å². The number of hydrogen-bond acceptors (Lipinski definition) is 6. The molecule has 1 unspecified atom stereocenters. The van der Waals surface area contributed by atoms with Gasteiger partial charge in [0.2, 0.25) is 11.9 Å². The fraction of sp³-hybridized carbons (Fsp3) is 0.762. The standard InChI is InChI=1S/C21H34N6O/c1-15-13-22-21(24-19(15)25(2)3)26-11-8-18(9-12-26)27-10-4-5-16(14-27)20(28)23-17-6-7-17/h13,16-18H,4-12,14H2,1-3H3,(H,23,28). The highest BCUT2D eigenvalue weighted by atomic mass is 16.2. The van der Waals surface area contributed by atoms with Crippen molar-refractivity contribution in [2.45, 2.75) is 57.5 Å². The zero-order chi connectivity index (χ0) is 19.7. The first-order chi connectivity index (χ1) is 13.5. The van der Waals surface area contributed by atoms with Crippen molar-refractivity contribution in [3.05, 3.63) is 11.8 Å². The van der Waals surface area contributed by atoms with Gasteiger partial charge in [-0.2, -0.15) is 4.98 Å². The zero-order valence-electron chi connectivity index (χ0n) is 17.5. The Labute approximate surface area is 168 Å². The Hall–Kier alpha value is -1.89. The molecular formula is C21H34N6O. The lowest BCUT2D eigenvalue weighted by molar-refractivity contribution is -0.127. The highest BCUT2D eigenvalue weighted by molar-refractivity contribution is 5.79. The van der Waals surface area contributed by atoms with Crippen LogP contribution in [0.15, 0.2) is 6.20 Å². The lowest BCUT2D eigenvalue weighted by Crippen LogP contribution is -2.51. The van der Waals surface area contributed by atoms with Crippen molar-refractivity contribution in [2.24, 2.45) is 5.92 Å². The van der Waals surface area contributed by atoms with Gasteiger partial charge in [0.05, 0.1) is 5.92 Å². The third kappa shape index (κ3) is 4.40. The molecule has 1 saturated carbocycles. The van der Waals surface area contributed by atoms with E-state index in [1.807, 2.05) is 25.2 Å². The Kier molecular flexibility index (Phi) is 5.71. The molecule has 2 saturated heterocycles. The summed E-state index contributed by atoms with van der Waals surface area (Å²) in [5.41, 5.74) is 1.10. The van der Waals surface area contributed by atoms with Crippen LogP contribution in [0.1, 0.15) is 44.1 Å². The first-order valence-corrected chi connectivity index (χ1v) is 10.8. The van der Waals surface area contributed by atoms with E-state index in [2.05, 4.69) is 27.0 Å². The third-order valence-corrected chi connectivity index (χ3v) is 6.37. The highest BCUT2D eigenvalue weighted by Gasteiger charge is 2.34. The number of piperidine rings is 2. The fourth-order valence-corrected chi connectivity index (χ4v) is 4.56. The summed E-state index contributed by atoms with van der Waals surface area (Å²) in [7, 11) is 4.05. The molecule has 0 radical (unpaired) electrons. The summed E-state index contributed by atoms with van der Waals surface area (Å²) in [6.07, 6.45) is 8.66. The van der Waals surface area contributed by atoms with Gasteiger partial charge in [-0.15, -0.1) is 0 Å². The van der Waals surface area contributed by atoms with Crippen molar-refractivity contribution in [1.82, 2.24) is 20.2 Å². The van der Waals surface area contributed by atoms with Crippen LogP contribution >= 0.6 is 0 Å². The average Bonchev–Trinajstić information content (AvgIpc) is 3.52. The smallest absolute Gasteiger partial charge is 0.227 e. The summed E-state index contributed by atoms with van der Waals surface area (Å²) in [6, 6.07) is 1.04. The lowest BCUT2D eigenvalue weighted by Gasteiger charge is -2.42. The van der Waals surface area contributed by atoms with Crippen LogP contribution < -0.4 is 15.1 Å². The Morgan fingerprint density at radius 1 is 1.14 bits per heavy atom. The van der Waals surface area contributed by atoms with Crippen molar-refractivity contribution in [3.63, 3.8) is 0 Å². The number of amides is 1. The Bertz CT molecular complexity index is 696. The minimum atomic E-state index is 0.176. The van der Waals surface area contributed by atoms with Crippen molar-refractivity contribution in [3.8, 4) is 0 Å². The number of anilines is 2. The molecule has 1 amide bonds. The molecular weight excluding hydrogens is 352 g/mol. The van der Waals surface area contributed by atoms with Crippen LogP contribution in [0.3, 0.4) is 0 Å². The summed E-state index contributed by atoms with van der Waals surface area (Å²) in [5.74, 6) is 2.30. The molecule has 0 aromatic carbocycles. The van der Waals surface area contributed by atoms with Gasteiger partial charge in [-0.05, 0) is 52.0 Å². The quantitative estimate of drug-likeness (QED) is 0.833. The molecule has 3 fully saturated rings. The number of rotatable bonds is 5. The van der Waals surface area contributed by atoms with E-state index in [4.69, 9.17) is 4.98 Å². The van der Waals surface area contributed by atoms with Gasteiger partial charge < -0.3 is 15.1 Å². The molecule has 154 valence electrons. The molecule has 0 spiro atoms. The number of nitrogens with one attached hydrogen (secondary N) is 1. The third-order valence-electron chi connectivity index (χ3n) is 6.37. The summed E-state index contributed by atoms with van der Waals surface area (Å²) < 4.78 is 0. The number of carbonyl (C=O) groups is 1. The maximum absolute atomic E-state index is 12.5. The summed E-state index contributed by atoms with van der Waals surface area (Å²) in [6.45, 7) is 6.07. The SMILES string of the molecule is Cc1cnc(N2CCC(N3CCCC(C(=O)NC4CC4)C3)CC2)nc1N(C)C. The molecule has 2 aliphatic heterocycles. The molecule has 4 rings (SSSR count). The second-order valence-electron chi connectivity index (χ2n) is 8.91. The minimum absolute atomic E-state index is 0.176. The Balaban J connectivity index is 1.32. The number of aromatic nitrogens is 2. The molecule has 3 aliphatic rings. The van der Waals surface area contributed by atoms with E-state index in [-0.39, 0.29) is 11.8 Å². The molecule has 3 heterocycles. The Morgan fingerprint density at radius 2 is 1.89 bits per heavy atom. The van der Waals surface area contributed by atoms with Gasteiger partial charge in [0, 0.05) is 57.6 Å². The summed E-state index contributed by atoms with van der Waals surface area (Å²) >= 11 is 0. The topological polar surface area (TPSA) is 64.6 Å². The zero-order valence-corrected chi connectivity index (χ0v) is 17.5. The van der Waals surface area contributed by atoms with E-state index in [0.717, 1.165) is 82.0 Å². The van der Waals surface area contributed by atoms with Crippen LogP contribution in [0.25, 0.3) is 0 Å².